The predicted molar refractivity (Wildman–Crippen MR) is 59.6 cm³/mol. The maximum Gasteiger partial charge on any atom is 0.303 e. The van der Waals surface area contributed by atoms with Crippen LogP contribution in [0.1, 0.15) is 44.3 Å². The number of aryl methyl sites for hydroxylation is 1. The van der Waals surface area contributed by atoms with Gasteiger partial charge >= 0.3 is 5.97 Å². The van der Waals surface area contributed by atoms with Gasteiger partial charge in [-0.3, -0.25) is 4.79 Å². The lowest BCUT2D eigenvalue weighted by Gasteiger charge is -2.31. The predicted octanol–water partition coefficient (Wildman–Crippen LogP) is 2.11. The molecule has 2 heterocycles. The molecule has 1 aliphatic rings. The van der Waals surface area contributed by atoms with E-state index in [2.05, 4.69) is 4.98 Å². The summed E-state index contributed by atoms with van der Waals surface area (Å²) in [5, 5.41) is 8.59. The summed E-state index contributed by atoms with van der Waals surface area (Å²) in [7, 11) is 0. The fraction of sp³-hybridized carbons (Fsp3) is 0.667. The molecule has 0 amide bonds. The van der Waals surface area contributed by atoms with E-state index in [0.717, 1.165) is 25.9 Å². The highest BCUT2D eigenvalue weighted by Gasteiger charge is 2.33. The molecule has 5 heteroatoms. The van der Waals surface area contributed by atoms with Gasteiger partial charge in [0.2, 0.25) is 0 Å². The van der Waals surface area contributed by atoms with E-state index in [1.165, 1.54) is 0 Å². The third-order valence-corrected chi connectivity index (χ3v) is 3.10. The van der Waals surface area contributed by atoms with Crippen LogP contribution in [0, 0.1) is 0 Å². The Hall–Kier alpha value is -1.36. The summed E-state index contributed by atoms with van der Waals surface area (Å²) in [6, 6.07) is 0. The van der Waals surface area contributed by atoms with Gasteiger partial charge in [-0.05, 0) is 26.2 Å². The molecule has 2 rings (SSSR count). The van der Waals surface area contributed by atoms with Gasteiger partial charge in [-0.2, -0.15) is 0 Å². The molecule has 0 saturated carbocycles. The lowest BCUT2D eigenvalue weighted by atomic mass is 9.94. The van der Waals surface area contributed by atoms with Crippen molar-refractivity contribution in [2.24, 2.45) is 0 Å². The van der Waals surface area contributed by atoms with Crippen LogP contribution >= 0.6 is 0 Å². The second-order valence-corrected chi connectivity index (χ2v) is 4.55. The lowest BCUT2D eigenvalue weighted by molar-refractivity contribution is -0.137. The van der Waals surface area contributed by atoms with Crippen LogP contribution in [0.4, 0.5) is 0 Å². The molecule has 1 fully saturated rings. The first kappa shape index (κ1) is 12.1. The Morgan fingerprint density at radius 1 is 1.59 bits per heavy atom. The number of aromatic nitrogens is 1. The monoisotopic (exact) mass is 239 g/mol. The SMILES string of the molecule is CC1(c2cnc(CCC(=O)O)o2)CCCCO1. The molecule has 0 bridgehead atoms. The summed E-state index contributed by atoms with van der Waals surface area (Å²) in [6.45, 7) is 2.73. The minimum atomic E-state index is -0.843. The van der Waals surface area contributed by atoms with Crippen molar-refractivity contribution < 1.29 is 19.1 Å². The van der Waals surface area contributed by atoms with Crippen LogP contribution in [-0.2, 0) is 21.6 Å². The molecule has 1 unspecified atom stereocenters. The molecular weight excluding hydrogens is 222 g/mol. The van der Waals surface area contributed by atoms with E-state index in [-0.39, 0.29) is 6.42 Å². The maximum absolute atomic E-state index is 10.4. The van der Waals surface area contributed by atoms with Crippen molar-refractivity contribution >= 4 is 5.97 Å². The third-order valence-electron chi connectivity index (χ3n) is 3.10. The number of ether oxygens (including phenoxy) is 1. The molecule has 94 valence electrons. The molecule has 1 aromatic rings. The quantitative estimate of drug-likeness (QED) is 0.871. The molecule has 5 nitrogen and oxygen atoms in total. The highest BCUT2D eigenvalue weighted by atomic mass is 16.5. The second-order valence-electron chi connectivity index (χ2n) is 4.55. The van der Waals surface area contributed by atoms with Gasteiger partial charge in [0.25, 0.3) is 0 Å². The number of hydrogen-bond acceptors (Lipinski definition) is 4. The summed E-state index contributed by atoms with van der Waals surface area (Å²) >= 11 is 0. The number of oxazole rings is 1. The van der Waals surface area contributed by atoms with Crippen molar-refractivity contribution in [2.75, 3.05) is 6.61 Å². The largest absolute Gasteiger partial charge is 0.481 e. The van der Waals surface area contributed by atoms with E-state index in [0.29, 0.717) is 18.1 Å². The molecule has 0 aliphatic carbocycles. The van der Waals surface area contributed by atoms with E-state index in [1.54, 1.807) is 6.20 Å². The highest BCUT2D eigenvalue weighted by molar-refractivity contribution is 5.66. The molecule has 1 aromatic heterocycles. The molecule has 1 aliphatic heterocycles. The average molecular weight is 239 g/mol. The second kappa shape index (κ2) is 4.87. The zero-order valence-electron chi connectivity index (χ0n) is 9.94. The van der Waals surface area contributed by atoms with Crippen LogP contribution in [0.25, 0.3) is 0 Å². The maximum atomic E-state index is 10.4. The van der Waals surface area contributed by atoms with Gasteiger partial charge in [-0.15, -0.1) is 0 Å². The Balaban J connectivity index is 2.03. The van der Waals surface area contributed by atoms with Gasteiger partial charge in [0.15, 0.2) is 11.7 Å². The van der Waals surface area contributed by atoms with E-state index in [4.69, 9.17) is 14.3 Å². The molecule has 1 N–H and O–H groups in total. The molecule has 1 atom stereocenters. The number of carbonyl (C=O) groups is 1. The molecule has 1 saturated heterocycles. The van der Waals surface area contributed by atoms with E-state index < -0.39 is 11.6 Å². The van der Waals surface area contributed by atoms with Crippen molar-refractivity contribution in [1.29, 1.82) is 0 Å². The average Bonchev–Trinajstić information content (AvgIpc) is 2.76. The number of aliphatic carboxylic acids is 1. The van der Waals surface area contributed by atoms with Crippen molar-refractivity contribution in [3.05, 3.63) is 17.8 Å². The number of rotatable bonds is 4. The first-order valence-corrected chi connectivity index (χ1v) is 5.91. The molecule has 0 aromatic carbocycles. The van der Waals surface area contributed by atoms with Gasteiger partial charge in [-0.25, -0.2) is 4.98 Å². The lowest BCUT2D eigenvalue weighted by Crippen LogP contribution is -2.29. The van der Waals surface area contributed by atoms with Crippen molar-refractivity contribution in [2.45, 2.75) is 44.6 Å². The zero-order chi connectivity index (χ0) is 12.3. The smallest absolute Gasteiger partial charge is 0.303 e. The van der Waals surface area contributed by atoms with Gasteiger partial charge in [0, 0.05) is 13.0 Å². The highest BCUT2D eigenvalue weighted by Crippen LogP contribution is 2.34. The van der Waals surface area contributed by atoms with Crippen LogP contribution in [0.15, 0.2) is 10.6 Å². The van der Waals surface area contributed by atoms with Crippen LogP contribution in [0.3, 0.4) is 0 Å². The Morgan fingerprint density at radius 2 is 2.41 bits per heavy atom. The first-order chi connectivity index (χ1) is 8.10. The molecule has 0 radical (unpaired) electrons. The molecule has 17 heavy (non-hydrogen) atoms. The zero-order valence-corrected chi connectivity index (χ0v) is 9.94. The molecular formula is C12H17NO4. The first-order valence-electron chi connectivity index (χ1n) is 5.91. The number of carboxylic acid groups (broad SMARTS) is 1. The van der Waals surface area contributed by atoms with Crippen molar-refractivity contribution in [1.82, 2.24) is 4.98 Å². The van der Waals surface area contributed by atoms with Crippen LogP contribution in [-0.4, -0.2) is 22.7 Å². The summed E-state index contributed by atoms with van der Waals surface area (Å²) in [4.78, 5) is 14.5. The summed E-state index contributed by atoms with van der Waals surface area (Å²) < 4.78 is 11.3. The Kier molecular flexibility index (Phi) is 3.47. The van der Waals surface area contributed by atoms with Gasteiger partial charge < -0.3 is 14.3 Å². The Morgan fingerprint density at radius 3 is 3.06 bits per heavy atom. The number of nitrogens with zero attached hydrogens (tertiary/aromatic N) is 1. The van der Waals surface area contributed by atoms with Crippen LogP contribution in [0.2, 0.25) is 0 Å². The minimum absolute atomic E-state index is 0.0392. The Labute approximate surface area is 99.8 Å². The fourth-order valence-corrected chi connectivity index (χ4v) is 2.01. The minimum Gasteiger partial charge on any atom is -0.481 e. The van der Waals surface area contributed by atoms with E-state index in [9.17, 15) is 4.79 Å². The van der Waals surface area contributed by atoms with Gasteiger partial charge in [0.05, 0.1) is 12.6 Å². The van der Waals surface area contributed by atoms with Crippen LogP contribution < -0.4 is 0 Å². The fourth-order valence-electron chi connectivity index (χ4n) is 2.01. The van der Waals surface area contributed by atoms with E-state index in [1.807, 2.05) is 6.92 Å². The number of hydrogen-bond donors (Lipinski definition) is 1. The van der Waals surface area contributed by atoms with Gasteiger partial charge in [0.1, 0.15) is 5.60 Å². The van der Waals surface area contributed by atoms with Crippen molar-refractivity contribution in [3.8, 4) is 0 Å². The third kappa shape index (κ3) is 2.85. The van der Waals surface area contributed by atoms with Gasteiger partial charge in [-0.1, -0.05) is 0 Å². The summed E-state index contributed by atoms with van der Waals surface area (Å²) in [5.74, 6) is 0.334. The van der Waals surface area contributed by atoms with Crippen molar-refractivity contribution in [3.63, 3.8) is 0 Å². The Bertz CT molecular complexity index is 393. The molecule has 0 spiro atoms. The standard InChI is InChI=1S/C12H17NO4/c1-12(6-2-3-7-16-12)9-8-13-10(17-9)4-5-11(14)15/h8H,2-7H2,1H3,(H,14,15). The summed E-state index contributed by atoms with van der Waals surface area (Å²) in [5.41, 5.74) is -0.396. The topological polar surface area (TPSA) is 72.6 Å². The van der Waals surface area contributed by atoms with E-state index >= 15 is 0 Å². The van der Waals surface area contributed by atoms with Crippen LogP contribution in [0.5, 0.6) is 0 Å². The summed E-state index contributed by atoms with van der Waals surface area (Å²) in [6.07, 6.45) is 5.13. The number of carboxylic acids is 1. The normalized spacial score (nSPS) is 24.8.